The lowest BCUT2D eigenvalue weighted by Gasteiger charge is -2.11. The molecule has 0 unspecified atom stereocenters. The van der Waals surface area contributed by atoms with Gasteiger partial charge >= 0.3 is 0 Å². The molecule has 0 bridgehead atoms. The van der Waals surface area contributed by atoms with E-state index in [1.54, 1.807) is 43.5 Å². The molecular weight excluding hydrogens is 368 g/mol. The van der Waals surface area contributed by atoms with E-state index in [2.05, 4.69) is 6.07 Å². The minimum atomic E-state index is -0.486. The molecule has 3 aromatic carbocycles. The molecule has 0 saturated carbocycles. The first-order valence-electron chi connectivity index (χ1n) is 8.82. The molecule has 0 N–H and O–H groups in total. The average Bonchev–Trinajstić information content (AvgIpc) is 2.77. The van der Waals surface area contributed by atoms with E-state index < -0.39 is 4.92 Å². The largest absolute Gasteiger partial charge is 0.493 e. The van der Waals surface area contributed by atoms with Gasteiger partial charge in [0.05, 0.1) is 23.7 Å². The highest BCUT2D eigenvalue weighted by atomic mass is 16.6. The highest BCUT2D eigenvalue weighted by Gasteiger charge is 2.10. The fourth-order valence-corrected chi connectivity index (χ4v) is 2.76. The number of hydrogen-bond donors (Lipinski definition) is 0. The monoisotopic (exact) mass is 386 g/mol. The standard InChI is InChI=1S/C23H18N2O4/c1-28-23-13-18(10-11-22(23)29-16-17-6-3-2-4-7-17)12-20(15-24)19-8-5-9-21(14-19)25(26)27/h2-14H,16H2,1H3. The van der Waals surface area contributed by atoms with Gasteiger partial charge in [-0.1, -0.05) is 48.5 Å². The Hall–Kier alpha value is -4.11. The second-order valence-corrected chi connectivity index (χ2v) is 6.16. The van der Waals surface area contributed by atoms with Crippen LogP contribution in [0, 0.1) is 21.4 Å². The topological polar surface area (TPSA) is 85.4 Å². The molecule has 0 aliphatic heterocycles. The number of nitro groups is 1. The van der Waals surface area contributed by atoms with Crippen molar-refractivity contribution in [3.63, 3.8) is 0 Å². The van der Waals surface area contributed by atoms with Crippen molar-refractivity contribution >= 4 is 17.3 Å². The first-order valence-corrected chi connectivity index (χ1v) is 8.82. The smallest absolute Gasteiger partial charge is 0.270 e. The SMILES string of the molecule is COc1cc(C=C(C#N)c2cccc([N+](=O)[O-])c2)ccc1OCc1ccccc1. The summed E-state index contributed by atoms with van der Waals surface area (Å²) >= 11 is 0. The van der Waals surface area contributed by atoms with Crippen molar-refractivity contribution in [3.8, 4) is 17.6 Å². The van der Waals surface area contributed by atoms with Crippen molar-refractivity contribution in [2.75, 3.05) is 7.11 Å². The second-order valence-electron chi connectivity index (χ2n) is 6.16. The van der Waals surface area contributed by atoms with Gasteiger partial charge in [-0.05, 0) is 34.9 Å². The van der Waals surface area contributed by atoms with Gasteiger partial charge in [0.1, 0.15) is 6.61 Å². The van der Waals surface area contributed by atoms with Crippen LogP contribution in [0.15, 0.2) is 72.8 Å². The Bertz CT molecular complexity index is 1090. The lowest BCUT2D eigenvalue weighted by molar-refractivity contribution is -0.384. The van der Waals surface area contributed by atoms with Crippen LogP contribution in [0.25, 0.3) is 11.6 Å². The van der Waals surface area contributed by atoms with E-state index >= 15 is 0 Å². The summed E-state index contributed by atoms with van der Waals surface area (Å²) in [6, 6.07) is 23.2. The van der Waals surface area contributed by atoms with Gasteiger partial charge in [-0.15, -0.1) is 0 Å². The van der Waals surface area contributed by atoms with E-state index in [1.807, 2.05) is 30.3 Å². The zero-order chi connectivity index (χ0) is 20.6. The van der Waals surface area contributed by atoms with E-state index in [1.165, 1.54) is 12.1 Å². The van der Waals surface area contributed by atoms with Crippen molar-refractivity contribution in [2.45, 2.75) is 6.61 Å². The number of ether oxygens (including phenoxy) is 2. The summed E-state index contributed by atoms with van der Waals surface area (Å²) in [5.74, 6) is 1.12. The zero-order valence-corrected chi connectivity index (χ0v) is 15.7. The Morgan fingerprint density at radius 1 is 1.07 bits per heavy atom. The van der Waals surface area contributed by atoms with Gasteiger partial charge in [0.15, 0.2) is 11.5 Å². The Morgan fingerprint density at radius 2 is 1.86 bits per heavy atom. The molecule has 3 rings (SSSR count). The minimum absolute atomic E-state index is 0.0640. The number of nitrogens with zero attached hydrogens (tertiary/aromatic N) is 2. The zero-order valence-electron chi connectivity index (χ0n) is 15.7. The third-order valence-electron chi connectivity index (χ3n) is 4.22. The predicted molar refractivity (Wildman–Crippen MR) is 110 cm³/mol. The van der Waals surface area contributed by atoms with Crippen molar-refractivity contribution in [3.05, 3.63) is 99.6 Å². The number of hydrogen-bond acceptors (Lipinski definition) is 5. The molecule has 0 fully saturated rings. The lowest BCUT2D eigenvalue weighted by Crippen LogP contribution is -1.97. The van der Waals surface area contributed by atoms with Crippen LogP contribution in [-0.4, -0.2) is 12.0 Å². The maximum atomic E-state index is 11.0. The fourth-order valence-electron chi connectivity index (χ4n) is 2.76. The maximum absolute atomic E-state index is 11.0. The molecule has 0 aliphatic carbocycles. The van der Waals surface area contributed by atoms with E-state index in [4.69, 9.17) is 9.47 Å². The van der Waals surface area contributed by atoms with Gasteiger partial charge < -0.3 is 9.47 Å². The number of allylic oxidation sites excluding steroid dienone is 1. The van der Waals surface area contributed by atoms with Crippen molar-refractivity contribution in [1.82, 2.24) is 0 Å². The quantitative estimate of drug-likeness (QED) is 0.240. The molecule has 0 heterocycles. The molecule has 0 radical (unpaired) electrons. The van der Waals surface area contributed by atoms with Crippen LogP contribution in [0.4, 0.5) is 5.69 Å². The van der Waals surface area contributed by atoms with E-state index in [0.29, 0.717) is 29.2 Å². The van der Waals surface area contributed by atoms with Crippen LogP contribution in [0.1, 0.15) is 16.7 Å². The molecule has 144 valence electrons. The molecule has 0 spiro atoms. The molecule has 0 aromatic heterocycles. The molecule has 6 heteroatoms. The van der Waals surface area contributed by atoms with E-state index in [-0.39, 0.29) is 5.69 Å². The van der Waals surface area contributed by atoms with E-state index in [0.717, 1.165) is 11.1 Å². The van der Waals surface area contributed by atoms with Gasteiger partial charge in [-0.25, -0.2) is 0 Å². The predicted octanol–water partition coefficient (Wildman–Crippen LogP) is 5.25. The number of benzene rings is 3. The van der Waals surface area contributed by atoms with Crippen molar-refractivity contribution < 1.29 is 14.4 Å². The third-order valence-corrected chi connectivity index (χ3v) is 4.22. The maximum Gasteiger partial charge on any atom is 0.270 e. The summed E-state index contributed by atoms with van der Waals surface area (Å²) in [6.07, 6.45) is 1.66. The Morgan fingerprint density at radius 3 is 2.55 bits per heavy atom. The molecule has 0 saturated heterocycles. The fraction of sp³-hybridized carbons (Fsp3) is 0.0870. The van der Waals surface area contributed by atoms with E-state index in [9.17, 15) is 15.4 Å². The molecule has 6 nitrogen and oxygen atoms in total. The first-order chi connectivity index (χ1) is 14.1. The first kappa shape index (κ1) is 19.6. The Balaban J connectivity index is 1.85. The third kappa shape index (κ3) is 4.99. The molecule has 0 atom stereocenters. The second kappa shape index (κ2) is 9.20. The highest BCUT2D eigenvalue weighted by Crippen LogP contribution is 2.31. The summed E-state index contributed by atoms with van der Waals surface area (Å²) in [6.45, 7) is 0.406. The van der Waals surface area contributed by atoms with Crippen LogP contribution in [0.3, 0.4) is 0 Å². The summed E-state index contributed by atoms with van der Waals surface area (Å²) in [7, 11) is 1.55. The van der Waals surface area contributed by atoms with Crippen LogP contribution in [-0.2, 0) is 6.61 Å². The number of rotatable bonds is 7. The summed E-state index contributed by atoms with van der Waals surface area (Å²) < 4.78 is 11.3. The highest BCUT2D eigenvalue weighted by molar-refractivity contribution is 5.90. The van der Waals surface area contributed by atoms with Crippen LogP contribution in [0.5, 0.6) is 11.5 Å². The van der Waals surface area contributed by atoms with Crippen LogP contribution in [0.2, 0.25) is 0 Å². The summed E-state index contributed by atoms with van der Waals surface area (Å²) in [4.78, 5) is 10.5. The lowest BCUT2D eigenvalue weighted by atomic mass is 10.0. The normalized spacial score (nSPS) is 10.8. The van der Waals surface area contributed by atoms with Gasteiger partial charge in [-0.2, -0.15) is 5.26 Å². The van der Waals surface area contributed by atoms with Crippen LogP contribution >= 0.6 is 0 Å². The molecule has 29 heavy (non-hydrogen) atoms. The van der Waals surface area contributed by atoms with Gasteiger partial charge in [-0.3, -0.25) is 10.1 Å². The van der Waals surface area contributed by atoms with Crippen molar-refractivity contribution in [1.29, 1.82) is 5.26 Å². The molecule has 0 amide bonds. The molecule has 0 aliphatic rings. The molecular formula is C23H18N2O4. The van der Waals surface area contributed by atoms with Crippen LogP contribution < -0.4 is 9.47 Å². The van der Waals surface area contributed by atoms with Crippen molar-refractivity contribution in [2.24, 2.45) is 0 Å². The number of methoxy groups -OCH3 is 1. The Kier molecular flexibility index (Phi) is 6.23. The van der Waals surface area contributed by atoms with Gasteiger partial charge in [0, 0.05) is 12.1 Å². The molecule has 3 aromatic rings. The number of nitro benzene ring substituents is 1. The Labute approximate surface area is 168 Å². The summed E-state index contributed by atoms with van der Waals surface area (Å²) in [5, 5.41) is 20.5. The van der Waals surface area contributed by atoms with Gasteiger partial charge in [0.2, 0.25) is 0 Å². The summed E-state index contributed by atoms with van der Waals surface area (Å²) in [5.41, 5.74) is 2.48. The number of nitriles is 1. The number of non-ortho nitro benzene ring substituents is 1. The minimum Gasteiger partial charge on any atom is -0.493 e. The average molecular weight is 386 g/mol. The van der Waals surface area contributed by atoms with Gasteiger partial charge in [0.25, 0.3) is 5.69 Å².